The number of aryl methyl sites for hydroxylation is 1. The summed E-state index contributed by atoms with van der Waals surface area (Å²) in [5, 5.41) is 7.92. The van der Waals surface area contributed by atoms with Gasteiger partial charge >= 0.3 is 0 Å². The maximum Gasteiger partial charge on any atom is 0.241 e. The molecule has 5 nitrogen and oxygen atoms in total. The van der Waals surface area contributed by atoms with Crippen molar-refractivity contribution in [3.63, 3.8) is 0 Å². The predicted octanol–water partition coefficient (Wildman–Crippen LogP) is 4.44. The second-order valence-corrected chi connectivity index (χ2v) is 7.42. The summed E-state index contributed by atoms with van der Waals surface area (Å²) < 4.78 is 1.92. The Bertz CT molecular complexity index is 893. The van der Waals surface area contributed by atoms with E-state index in [1.165, 1.54) is 22.3 Å². The fourth-order valence-electron chi connectivity index (χ4n) is 3.59. The number of aromatic nitrogens is 3. The number of benzene rings is 2. The van der Waals surface area contributed by atoms with Crippen molar-refractivity contribution in [3.8, 4) is 0 Å². The Labute approximate surface area is 154 Å². The highest BCUT2D eigenvalue weighted by molar-refractivity contribution is 5.42. The van der Waals surface area contributed by atoms with E-state index in [2.05, 4.69) is 84.7 Å². The minimum Gasteiger partial charge on any atom is -0.366 e. The molecule has 5 heteroatoms. The molecule has 134 valence electrons. The van der Waals surface area contributed by atoms with E-state index in [9.17, 15) is 0 Å². The number of nitrogens with one attached hydrogen (secondary N) is 1. The fourth-order valence-corrected chi connectivity index (χ4v) is 3.59. The lowest BCUT2D eigenvalue weighted by atomic mass is 9.91. The molecule has 0 amide bonds. The van der Waals surface area contributed by atoms with E-state index in [4.69, 9.17) is 5.73 Å². The molecule has 0 bridgehead atoms. The molecule has 4 rings (SSSR count). The van der Waals surface area contributed by atoms with E-state index < -0.39 is 0 Å². The van der Waals surface area contributed by atoms with E-state index in [-0.39, 0.29) is 12.1 Å². The third-order valence-corrected chi connectivity index (χ3v) is 5.17. The van der Waals surface area contributed by atoms with Gasteiger partial charge in [-0.3, -0.25) is 0 Å². The second kappa shape index (κ2) is 6.48. The van der Waals surface area contributed by atoms with Crippen LogP contribution in [0.4, 0.5) is 11.9 Å². The number of rotatable bonds is 3. The van der Waals surface area contributed by atoms with Crippen LogP contribution in [0.15, 0.2) is 48.5 Å². The van der Waals surface area contributed by atoms with Crippen LogP contribution < -0.4 is 11.1 Å². The Morgan fingerprint density at radius 3 is 2.35 bits per heavy atom. The van der Waals surface area contributed by atoms with Crippen LogP contribution in [0.5, 0.6) is 0 Å². The zero-order valence-corrected chi connectivity index (χ0v) is 15.5. The topological polar surface area (TPSA) is 68.8 Å². The lowest BCUT2D eigenvalue weighted by Crippen LogP contribution is -2.28. The zero-order valence-electron chi connectivity index (χ0n) is 15.5. The van der Waals surface area contributed by atoms with Crippen LogP contribution in [0.2, 0.25) is 0 Å². The molecular formula is C21H25N5. The maximum atomic E-state index is 5.88. The van der Waals surface area contributed by atoms with Crippen molar-refractivity contribution in [2.45, 2.75) is 45.2 Å². The highest BCUT2D eigenvalue weighted by Gasteiger charge is 2.30. The van der Waals surface area contributed by atoms with Gasteiger partial charge < -0.3 is 11.1 Å². The fraction of sp³-hybridized carbons (Fsp3) is 0.333. The molecule has 3 N–H and O–H groups in total. The summed E-state index contributed by atoms with van der Waals surface area (Å²) in [6.07, 6.45) is 0.903. The number of anilines is 2. The van der Waals surface area contributed by atoms with Crippen LogP contribution in [0.1, 0.15) is 60.5 Å². The minimum atomic E-state index is 0.114. The number of nitrogen functional groups attached to an aromatic ring is 1. The average Bonchev–Trinajstić information content (AvgIpc) is 3.01. The van der Waals surface area contributed by atoms with Crippen LogP contribution in [-0.4, -0.2) is 14.8 Å². The van der Waals surface area contributed by atoms with Gasteiger partial charge in [-0.15, -0.1) is 5.10 Å². The molecule has 26 heavy (non-hydrogen) atoms. The monoisotopic (exact) mass is 347 g/mol. The Morgan fingerprint density at radius 1 is 1.04 bits per heavy atom. The molecule has 2 heterocycles. The highest BCUT2D eigenvalue weighted by Crippen LogP contribution is 2.38. The summed E-state index contributed by atoms with van der Waals surface area (Å²) in [6.45, 7) is 6.53. The number of fused-ring (bicyclic) bond motifs is 1. The van der Waals surface area contributed by atoms with Crippen molar-refractivity contribution < 1.29 is 0 Å². The van der Waals surface area contributed by atoms with Gasteiger partial charge in [0.05, 0.1) is 12.1 Å². The van der Waals surface area contributed by atoms with Crippen molar-refractivity contribution in [1.82, 2.24) is 14.8 Å². The first-order valence-electron chi connectivity index (χ1n) is 9.16. The first-order chi connectivity index (χ1) is 12.5. The normalized spacial score (nSPS) is 19.2. The van der Waals surface area contributed by atoms with E-state index in [1.807, 2.05) is 4.68 Å². The van der Waals surface area contributed by atoms with Crippen LogP contribution in [-0.2, 0) is 0 Å². The molecular weight excluding hydrogens is 322 g/mol. The molecule has 0 saturated heterocycles. The second-order valence-electron chi connectivity index (χ2n) is 7.42. The smallest absolute Gasteiger partial charge is 0.241 e. The van der Waals surface area contributed by atoms with E-state index >= 15 is 0 Å². The largest absolute Gasteiger partial charge is 0.366 e. The predicted molar refractivity (Wildman–Crippen MR) is 105 cm³/mol. The summed E-state index contributed by atoms with van der Waals surface area (Å²) in [5.74, 6) is 1.56. The van der Waals surface area contributed by atoms with Crippen molar-refractivity contribution in [1.29, 1.82) is 0 Å². The Kier molecular flexibility index (Phi) is 4.15. The average molecular weight is 347 g/mol. The van der Waals surface area contributed by atoms with Crippen molar-refractivity contribution >= 4 is 11.9 Å². The third kappa shape index (κ3) is 3.05. The van der Waals surface area contributed by atoms with Crippen LogP contribution in [0, 0.1) is 6.92 Å². The molecule has 2 unspecified atom stereocenters. The molecule has 0 fully saturated rings. The SMILES string of the molecule is Cc1ccc(C2CC(c3ccc(C(C)C)cc3)n3nc(N)nc3N2)cc1. The lowest BCUT2D eigenvalue weighted by molar-refractivity contribution is 0.431. The zero-order chi connectivity index (χ0) is 18.3. The standard InChI is InChI=1S/C21H25N5/c1-13(2)15-8-10-17(11-9-15)19-12-18(16-6-4-14(3)5-7-16)23-21-24-20(22)25-26(19)21/h4-11,13,18-19H,12H2,1-3H3,(H3,22,23,24,25). The number of hydrogen-bond donors (Lipinski definition) is 2. The molecule has 0 aliphatic carbocycles. The quantitative estimate of drug-likeness (QED) is 0.735. The van der Waals surface area contributed by atoms with Crippen LogP contribution in [0.25, 0.3) is 0 Å². The summed E-state index contributed by atoms with van der Waals surface area (Å²) >= 11 is 0. The van der Waals surface area contributed by atoms with E-state index in [0.717, 1.165) is 12.4 Å². The molecule has 1 aromatic heterocycles. The van der Waals surface area contributed by atoms with Crippen molar-refractivity contribution in [2.24, 2.45) is 0 Å². The van der Waals surface area contributed by atoms with Gasteiger partial charge in [0.1, 0.15) is 0 Å². The van der Waals surface area contributed by atoms with Crippen LogP contribution >= 0.6 is 0 Å². The van der Waals surface area contributed by atoms with Crippen LogP contribution in [0.3, 0.4) is 0 Å². The van der Waals surface area contributed by atoms with Gasteiger partial charge in [0.15, 0.2) is 0 Å². The Hall–Kier alpha value is -2.82. The summed E-state index contributed by atoms with van der Waals surface area (Å²) in [7, 11) is 0. The van der Waals surface area contributed by atoms with Crippen molar-refractivity contribution in [3.05, 3.63) is 70.8 Å². The van der Waals surface area contributed by atoms with Gasteiger partial charge in [0.2, 0.25) is 11.9 Å². The summed E-state index contributed by atoms with van der Waals surface area (Å²) in [4.78, 5) is 4.38. The molecule has 0 spiro atoms. The first kappa shape index (κ1) is 16.6. The Balaban J connectivity index is 1.71. The molecule has 0 radical (unpaired) electrons. The minimum absolute atomic E-state index is 0.114. The number of hydrogen-bond acceptors (Lipinski definition) is 4. The third-order valence-electron chi connectivity index (χ3n) is 5.17. The van der Waals surface area contributed by atoms with Gasteiger partial charge in [0, 0.05) is 0 Å². The molecule has 1 aliphatic heterocycles. The number of nitrogens with zero attached hydrogens (tertiary/aromatic N) is 3. The molecule has 3 aromatic rings. The summed E-state index contributed by atoms with van der Waals surface area (Å²) in [6, 6.07) is 17.8. The first-order valence-corrected chi connectivity index (χ1v) is 9.16. The maximum absolute atomic E-state index is 5.88. The molecule has 1 aliphatic rings. The molecule has 0 saturated carbocycles. The van der Waals surface area contributed by atoms with Gasteiger partial charge in [-0.25, -0.2) is 4.68 Å². The molecule has 2 atom stereocenters. The number of nitrogens with two attached hydrogens (primary N) is 1. The van der Waals surface area contributed by atoms with Gasteiger partial charge in [0.25, 0.3) is 0 Å². The van der Waals surface area contributed by atoms with Gasteiger partial charge in [-0.2, -0.15) is 4.98 Å². The highest BCUT2D eigenvalue weighted by atomic mass is 15.4. The molecule has 2 aromatic carbocycles. The van der Waals surface area contributed by atoms with Gasteiger partial charge in [-0.1, -0.05) is 67.9 Å². The summed E-state index contributed by atoms with van der Waals surface area (Å²) in [5.41, 5.74) is 11.0. The lowest BCUT2D eigenvalue weighted by Gasteiger charge is -2.32. The Morgan fingerprint density at radius 2 is 1.69 bits per heavy atom. The van der Waals surface area contributed by atoms with Crippen molar-refractivity contribution in [2.75, 3.05) is 11.1 Å². The van der Waals surface area contributed by atoms with Gasteiger partial charge in [-0.05, 0) is 36.0 Å². The van der Waals surface area contributed by atoms with E-state index in [1.54, 1.807) is 0 Å². The van der Waals surface area contributed by atoms with E-state index in [0.29, 0.717) is 11.9 Å².